The minimum atomic E-state index is 0.349. The van der Waals surface area contributed by atoms with E-state index < -0.39 is 0 Å². The van der Waals surface area contributed by atoms with Crippen LogP contribution in [0.15, 0.2) is 39.5 Å². The number of nitrogens with one attached hydrogen (secondary N) is 1. The minimum absolute atomic E-state index is 0.349. The van der Waals surface area contributed by atoms with Crippen LogP contribution in [0.1, 0.15) is 24.7 Å². The fourth-order valence-electron chi connectivity index (χ4n) is 1.76. The number of pyridine rings is 1. The maximum absolute atomic E-state index is 5.32. The zero-order valence-electron chi connectivity index (χ0n) is 10.6. The largest absolute Gasteiger partial charge is 0.469 e. The summed E-state index contributed by atoms with van der Waals surface area (Å²) in [6, 6.07) is 6.34. The molecule has 1 unspecified atom stereocenters. The molecule has 0 aliphatic rings. The van der Waals surface area contributed by atoms with E-state index in [1.807, 2.05) is 25.3 Å². The maximum atomic E-state index is 5.32. The molecule has 0 saturated heterocycles. The maximum Gasteiger partial charge on any atom is 0.140 e. The van der Waals surface area contributed by atoms with Gasteiger partial charge in [-0.25, -0.2) is 4.98 Å². The van der Waals surface area contributed by atoms with Gasteiger partial charge in [0.15, 0.2) is 0 Å². The second-order valence-electron chi connectivity index (χ2n) is 4.51. The second-order valence-corrected chi connectivity index (χ2v) is 5.36. The van der Waals surface area contributed by atoms with Crippen molar-refractivity contribution < 1.29 is 4.42 Å². The van der Waals surface area contributed by atoms with E-state index in [-0.39, 0.29) is 0 Å². The molecule has 0 bridgehead atoms. The van der Waals surface area contributed by atoms with Gasteiger partial charge in [-0.05, 0) is 60.0 Å². The van der Waals surface area contributed by atoms with Crippen LogP contribution in [0, 0.1) is 6.92 Å². The number of furan rings is 1. The predicted octanol–water partition coefficient (Wildman–Crippen LogP) is 4.18. The molecular formula is C14H17BrN2O. The summed E-state index contributed by atoms with van der Waals surface area (Å²) in [5.41, 5.74) is 1.15. The summed E-state index contributed by atoms with van der Waals surface area (Å²) in [5, 5.41) is 3.40. The average molecular weight is 309 g/mol. The van der Waals surface area contributed by atoms with Crippen LogP contribution in [0.4, 0.5) is 5.82 Å². The van der Waals surface area contributed by atoms with Crippen molar-refractivity contribution in [2.45, 2.75) is 32.7 Å². The Bertz CT molecular complexity index is 497. The van der Waals surface area contributed by atoms with Gasteiger partial charge in [0.1, 0.15) is 11.6 Å². The normalized spacial score (nSPS) is 12.4. The Morgan fingerprint density at radius 1 is 1.50 bits per heavy atom. The lowest BCUT2D eigenvalue weighted by atomic mass is 10.1. The van der Waals surface area contributed by atoms with Crippen LogP contribution in [0.2, 0.25) is 0 Å². The smallest absolute Gasteiger partial charge is 0.140 e. The van der Waals surface area contributed by atoms with Gasteiger partial charge in [-0.15, -0.1) is 0 Å². The van der Waals surface area contributed by atoms with Gasteiger partial charge >= 0.3 is 0 Å². The third-order valence-electron chi connectivity index (χ3n) is 2.76. The average Bonchev–Trinajstić information content (AvgIpc) is 2.83. The number of aromatic nitrogens is 1. The predicted molar refractivity (Wildman–Crippen MR) is 76.8 cm³/mol. The lowest BCUT2D eigenvalue weighted by Crippen LogP contribution is -2.17. The summed E-state index contributed by atoms with van der Waals surface area (Å²) in [5.74, 6) is 1.92. The molecular weight excluding hydrogens is 292 g/mol. The Morgan fingerprint density at radius 2 is 2.33 bits per heavy atom. The Morgan fingerprint density at radius 3 is 3.00 bits per heavy atom. The van der Waals surface area contributed by atoms with Crippen molar-refractivity contribution in [3.8, 4) is 0 Å². The van der Waals surface area contributed by atoms with E-state index in [1.165, 1.54) is 0 Å². The van der Waals surface area contributed by atoms with Gasteiger partial charge in [0, 0.05) is 18.7 Å². The highest BCUT2D eigenvalue weighted by atomic mass is 79.9. The molecule has 0 fully saturated rings. The molecule has 0 aliphatic carbocycles. The Hall–Kier alpha value is -1.29. The van der Waals surface area contributed by atoms with Gasteiger partial charge < -0.3 is 9.73 Å². The highest BCUT2D eigenvalue weighted by Crippen LogP contribution is 2.21. The molecule has 3 nitrogen and oxygen atoms in total. The molecule has 0 amide bonds. The van der Waals surface area contributed by atoms with Crippen molar-refractivity contribution in [2.24, 2.45) is 0 Å². The molecule has 96 valence electrons. The lowest BCUT2D eigenvalue weighted by Gasteiger charge is -2.15. The Kier molecular flexibility index (Phi) is 4.42. The first-order chi connectivity index (χ1) is 8.65. The van der Waals surface area contributed by atoms with Gasteiger partial charge in [-0.2, -0.15) is 0 Å². The van der Waals surface area contributed by atoms with E-state index in [1.54, 1.807) is 6.26 Å². The van der Waals surface area contributed by atoms with Crippen LogP contribution < -0.4 is 5.32 Å². The van der Waals surface area contributed by atoms with Crippen molar-refractivity contribution in [1.29, 1.82) is 0 Å². The Labute approximate surface area is 116 Å². The minimum Gasteiger partial charge on any atom is -0.469 e. The highest BCUT2D eigenvalue weighted by Gasteiger charge is 2.07. The zero-order valence-corrected chi connectivity index (χ0v) is 12.2. The van der Waals surface area contributed by atoms with Crippen LogP contribution in [0.3, 0.4) is 0 Å². The molecule has 2 heterocycles. The monoisotopic (exact) mass is 308 g/mol. The quantitative estimate of drug-likeness (QED) is 0.900. The number of aryl methyl sites for hydroxylation is 2. The standard InChI is InChI=1S/C14H17BrN2O/c1-10-8-13(15)14(16-9-10)17-11(2)5-6-12-4-3-7-18-12/h3-4,7-9,11H,5-6H2,1-2H3,(H,16,17). The van der Waals surface area contributed by atoms with Crippen LogP contribution in [0.5, 0.6) is 0 Å². The van der Waals surface area contributed by atoms with Crippen molar-refractivity contribution in [3.05, 3.63) is 46.5 Å². The van der Waals surface area contributed by atoms with Gasteiger partial charge in [0.25, 0.3) is 0 Å². The SMILES string of the molecule is Cc1cnc(NC(C)CCc2ccco2)c(Br)c1. The number of hydrogen-bond donors (Lipinski definition) is 1. The summed E-state index contributed by atoms with van der Waals surface area (Å²) < 4.78 is 6.33. The van der Waals surface area contributed by atoms with Crippen molar-refractivity contribution in [2.75, 3.05) is 5.32 Å². The number of rotatable bonds is 5. The van der Waals surface area contributed by atoms with Crippen LogP contribution in [-0.2, 0) is 6.42 Å². The topological polar surface area (TPSA) is 38.1 Å². The van der Waals surface area contributed by atoms with E-state index in [2.05, 4.69) is 39.2 Å². The Balaban J connectivity index is 1.88. The van der Waals surface area contributed by atoms with Gasteiger partial charge in [-0.1, -0.05) is 0 Å². The van der Waals surface area contributed by atoms with Crippen molar-refractivity contribution in [3.63, 3.8) is 0 Å². The lowest BCUT2D eigenvalue weighted by molar-refractivity contribution is 0.495. The number of nitrogens with zero attached hydrogens (tertiary/aromatic N) is 1. The van der Waals surface area contributed by atoms with E-state index in [0.717, 1.165) is 34.5 Å². The molecule has 1 N–H and O–H groups in total. The molecule has 2 aromatic rings. The fourth-order valence-corrected chi connectivity index (χ4v) is 2.34. The van der Waals surface area contributed by atoms with E-state index in [4.69, 9.17) is 4.42 Å². The molecule has 0 saturated carbocycles. The van der Waals surface area contributed by atoms with Crippen LogP contribution in [-0.4, -0.2) is 11.0 Å². The summed E-state index contributed by atoms with van der Waals surface area (Å²) in [7, 11) is 0. The summed E-state index contributed by atoms with van der Waals surface area (Å²) in [6.07, 6.45) is 5.53. The molecule has 0 radical (unpaired) electrons. The first-order valence-corrected chi connectivity index (χ1v) is 6.85. The molecule has 4 heteroatoms. The summed E-state index contributed by atoms with van der Waals surface area (Å²) in [4.78, 5) is 4.38. The molecule has 0 aromatic carbocycles. The third-order valence-corrected chi connectivity index (χ3v) is 3.37. The summed E-state index contributed by atoms with van der Waals surface area (Å²) >= 11 is 3.52. The zero-order chi connectivity index (χ0) is 13.0. The molecule has 1 atom stereocenters. The number of hydrogen-bond acceptors (Lipinski definition) is 3. The van der Waals surface area contributed by atoms with Crippen LogP contribution >= 0.6 is 15.9 Å². The van der Waals surface area contributed by atoms with Crippen molar-refractivity contribution in [1.82, 2.24) is 4.98 Å². The van der Waals surface area contributed by atoms with Crippen molar-refractivity contribution >= 4 is 21.7 Å². The molecule has 18 heavy (non-hydrogen) atoms. The number of halogens is 1. The number of anilines is 1. The fraction of sp³-hybridized carbons (Fsp3) is 0.357. The first kappa shape index (κ1) is 13.1. The van der Waals surface area contributed by atoms with E-state index >= 15 is 0 Å². The highest BCUT2D eigenvalue weighted by molar-refractivity contribution is 9.10. The molecule has 2 rings (SSSR count). The van der Waals surface area contributed by atoms with Gasteiger partial charge in [-0.3, -0.25) is 0 Å². The van der Waals surface area contributed by atoms with E-state index in [0.29, 0.717) is 6.04 Å². The van der Waals surface area contributed by atoms with E-state index in [9.17, 15) is 0 Å². The second kappa shape index (κ2) is 6.05. The van der Waals surface area contributed by atoms with Crippen LogP contribution in [0.25, 0.3) is 0 Å². The van der Waals surface area contributed by atoms with Gasteiger partial charge in [0.2, 0.25) is 0 Å². The molecule has 2 aromatic heterocycles. The third kappa shape index (κ3) is 3.60. The van der Waals surface area contributed by atoms with Gasteiger partial charge in [0.05, 0.1) is 10.7 Å². The molecule has 0 aliphatic heterocycles. The first-order valence-electron chi connectivity index (χ1n) is 6.06. The summed E-state index contributed by atoms with van der Waals surface area (Å²) in [6.45, 7) is 4.18. The molecule has 0 spiro atoms.